The summed E-state index contributed by atoms with van der Waals surface area (Å²) in [4.78, 5) is 24.4. The molecule has 22 heavy (non-hydrogen) atoms. The van der Waals surface area contributed by atoms with E-state index in [1.54, 1.807) is 24.3 Å². The lowest BCUT2D eigenvalue weighted by molar-refractivity contribution is -0.0498. The van der Waals surface area contributed by atoms with Crippen LogP contribution < -0.4 is 4.74 Å². The zero-order chi connectivity index (χ0) is 15.7. The number of fused-ring (bicyclic) bond motifs is 1. The first kappa shape index (κ1) is 14.1. The molecule has 1 aliphatic rings. The van der Waals surface area contributed by atoms with Crippen molar-refractivity contribution in [2.45, 2.75) is 6.61 Å². The molecule has 0 heterocycles. The monoisotopic (exact) mass is 300 g/mol. The van der Waals surface area contributed by atoms with Crippen LogP contribution in [0.4, 0.5) is 8.78 Å². The van der Waals surface area contributed by atoms with Crippen molar-refractivity contribution in [3.63, 3.8) is 0 Å². The number of benzene rings is 2. The number of rotatable bonds is 3. The number of halogens is 2. The molecule has 0 amide bonds. The second-order valence-electron chi connectivity index (χ2n) is 4.71. The minimum atomic E-state index is -2.89. The fourth-order valence-corrected chi connectivity index (χ4v) is 2.32. The summed E-state index contributed by atoms with van der Waals surface area (Å²) in [5.41, 5.74) is 1.41. The molecule has 5 heteroatoms. The molecule has 2 aromatic carbocycles. The number of carbonyl (C=O) groups excluding carboxylic acids is 2. The van der Waals surface area contributed by atoms with Crippen LogP contribution in [0.5, 0.6) is 5.75 Å². The number of carbonyl (C=O) groups is 2. The average Bonchev–Trinajstić information content (AvgIpc) is 2.74. The van der Waals surface area contributed by atoms with Crippen LogP contribution in [0.15, 0.2) is 54.1 Å². The van der Waals surface area contributed by atoms with Crippen LogP contribution in [0, 0.1) is 0 Å². The molecule has 0 saturated carbocycles. The first-order valence-corrected chi connectivity index (χ1v) is 6.51. The van der Waals surface area contributed by atoms with Gasteiger partial charge in [0.25, 0.3) is 0 Å². The summed E-state index contributed by atoms with van der Waals surface area (Å²) >= 11 is 0. The van der Waals surface area contributed by atoms with Gasteiger partial charge in [0.2, 0.25) is 0 Å². The third-order valence-corrected chi connectivity index (χ3v) is 3.32. The molecule has 0 spiro atoms. The van der Waals surface area contributed by atoms with Crippen molar-refractivity contribution in [1.82, 2.24) is 0 Å². The number of allylic oxidation sites excluding steroid dienone is 1. The van der Waals surface area contributed by atoms with Gasteiger partial charge in [-0.25, -0.2) is 0 Å². The van der Waals surface area contributed by atoms with Gasteiger partial charge >= 0.3 is 6.61 Å². The molecule has 2 aromatic rings. The van der Waals surface area contributed by atoms with Gasteiger partial charge in [-0.15, -0.1) is 0 Å². The largest absolute Gasteiger partial charge is 0.435 e. The Bertz CT molecular complexity index is 740. The third-order valence-electron chi connectivity index (χ3n) is 3.32. The lowest BCUT2D eigenvalue weighted by atomic mass is 10.1. The molecule has 3 nitrogen and oxygen atoms in total. The molecule has 0 saturated heterocycles. The number of hydrogen-bond acceptors (Lipinski definition) is 3. The zero-order valence-corrected chi connectivity index (χ0v) is 11.3. The van der Waals surface area contributed by atoms with E-state index < -0.39 is 6.61 Å². The fraction of sp³-hybridized carbons (Fsp3) is 0.0588. The summed E-state index contributed by atoms with van der Waals surface area (Å²) in [6, 6.07) is 12.3. The molecule has 110 valence electrons. The van der Waals surface area contributed by atoms with E-state index in [2.05, 4.69) is 4.74 Å². The number of ether oxygens (including phenoxy) is 1. The fourth-order valence-electron chi connectivity index (χ4n) is 2.32. The van der Waals surface area contributed by atoms with Gasteiger partial charge in [0, 0.05) is 11.1 Å². The quantitative estimate of drug-likeness (QED) is 0.640. The first-order valence-electron chi connectivity index (χ1n) is 6.51. The smallest absolute Gasteiger partial charge is 0.387 e. The summed E-state index contributed by atoms with van der Waals surface area (Å²) in [5.74, 6) is -0.633. The van der Waals surface area contributed by atoms with Crippen molar-refractivity contribution in [2.24, 2.45) is 0 Å². The Hall–Kier alpha value is -2.82. The van der Waals surface area contributed by atoms with Crippen LogP contribution in [-0.2, 0) is 0 Å². The van der Waals surface area contributed by atoms with E-state index in [4.69, 9.17) is 0 Å². The topological polar surface area (TPSA) is 43.4 Å². The van der Waals surface area contributed by atoms with E-state index in [1.165, 1.54) is 30.3 Å². The Morgan fingerprint density at radius 1 is 0.864 bits per heavy atom. The highest BCUT2D eigenvalue weighted by Crippen LogP contribution is 2.28. The van der Waals surface area contributed by atoms with Gasteiger partial charge in [0.05, 0.1) is 5.57 Å². The highest BCUT2D eigenvalue weighted by Gasteiger charge is 2.32. The Balaban J connectivity index is 1.90. The second kappa shape index (κ2) is 5.52. The van der Waals surface area contributed by atoms with Crippen LogP contribution in [0.3, 0.4) is 0 Å². The minimum absolute atomic E-state index is 0.0181. The van der Waals surface area contributed by atoms with Crippen molar-refractivity contribution in [2.75, 3.05) is 0 Å². The van der Waals surface area contributed by atoms with Gasteiger partial charge in [-0.2, -0.15) is 8.78 Å². The summed E-state index contributed by atoms with van der Waals surface area (Å²) in [6.07, 6.45) is 1.46. The summed E-state index contributed by atoms with van der Waals surface area (Å²) in [7, 11) is 0. The Morgan fingerprint density at radius 2 is 1.41 bits per heavy atom. The van der Waals surface area contributed by atoms with Crippen LogP contribution in [-0.4, -0.2) is 18.2 Å². The first-order chi connectivity index (χ1) is 10.6. The SMILES string of the molecule is O=C1C(=Cc2ccc(OC(F)F)cc2)C(=O)c2ccccc21. The second-order valence-corrected chi connectivity index (χ2v) is 4.71. The third kappa shape index (κ3) is 2.53. The van der Waals surface area contributed by atoms with Crippen molar-refractivity contribution in [3.8, 4) is 5.75 Å². The van der Waals surface area contributed by atoms with Crippen LogP contribution in [0.2, 0.25) is 0 Å². The zero-order valence-electron chi connectivity index (χ0n) is 11.3. The molecule has 0 fully saturated rings. The lowest BCUT2D eigenvalue weighted by Gasteiger charge is -2.04. The van der Waals surface area contributed by atoms with Crippen LogP contribution in [0.1, 0.15) is 26.3 Å². The maximum absolute atomic E-state index is 12.2. The molecular weight excluding hydrogens is 290 g/mol. The molecule has 1 aliphatic carbocycles. The van der Waals surface area contributed by atoms with E-state index in [0.717, 1.165) is 0 Å². The van der Waals surface area contributed by atoms with E-state index in [9.17, 15) is 18.4 Å². The predicted molar refractivity (Wildman–Crippen MR) is 76.2 cm³/mol. The van der Waals surface area contributed by atoms with Crippen molar-refractivity contribution < 1.29 is 23.1 Å². The number of hydrogen-bond donors (Lipinski definition) is 0. The highest BCUT2D eigenvalue weighted by atomic mass is 19.3. The van der Waals surface area contributed by atoms with Crippen LogP contribution in [0.25, 0.3) is 6.08 Å². The predicted octanol–water partition coefficient (Wildman–Crippen LogP) is 3.75. The van der Waals surface area contributed by atoms with Crippen molar-refractivity contribution >= 4 is 17.6 Å². The van der Waals surface area contributed by atoms with Gasteiger partial charge in [0.15, 0.2) is 11.6 Å². The summed E-state index contributed by atoms with van der Waals surface area (Å²) in [6.45, 7) is -2.89. The molecule has 0 unspecified atom stereocenters. The Kier molecular flexibility index (Phi) is 3.55. The van der Waals surface area contributed by atoms with E-state index >= 15 is 0 Å². The molecule has 0 atom stereocenters. The molecule has 0 bridgehead atoms. The highest BCUT2D eigenvalue weighted by molar-refractivity contribution is 6.41. The number of Topliss-reactive ketones (excluding diaryl/α,β-unsaturated/α-hetero) is 2. The minimum Gasteiger partial charge on any atom is -0.435 e. The van der Waals surface area contributed by atoms with E-state index in [0.29, 0.717) is 16.7 Å². The maximum Gasteiger partial charge on any atom is 0.387 e. The Labute approximate surface area is 124 Å². The average molecular weight is 300 g/mol. The normalized spacial score (nSPS) is 13.5. The number of alkyl halides is 2. The molecule has 0 aliphatic heterocycles. The van der Waals surface area contributed by atoms with Gasteiger partial charge < -0.3 is 4.74 Å². The van der Waals surface area contributed by atoms with Gasteiger partial charge in [-0.3, -0.25) is 9.59 Å². The molecule has 0 N–H and O–H groups in total. The number of ketones is 2. The standard InChI is InChI=1S/C17H10F2O3/c18-17(19)22-11-7-5-10(6-8-11)9-14-15(20)12-3-1-2-4-13(12)16(14)21/h1-9,17H. The van der Waals surface area contributed by atoms with E-state index in [-0.39, 0.29) is 22.9 Å². The molecule has 0 aromatic heterocycles. The molecule has 0 radical (unpaired) electrons. The summed E-state index contributed by atoms with van der Waals surface area (Å²) < 4.78 is 28.4. The van der Waals surface area contributed by atoms with Gasteiger partial charge in [-0.1, -0.05) is 36.4 Å². The van der Waals surface area contributed by atoms with Crippen LogP contribution >= 0.6 is 0 Å². The maximum atomic E-state index is 12.2. The molecule has 3 rings (SSSR count). The van der Waals surface area contributed by atoms with Crippen molar-refractivity contribution in [3.05, 3.63) is 70.8 Å². The van der Waals surface area contributed by atoms with Gasteiger partial charge in [-0.05, 0) is 23.8 Å². The molecular formula is C17H10F2O3. The lowest BCUT2D eigenvalue weighted by Crippen LogP contribution is -2.02. The van der Waals surface area contributed by atoms with E-state index in [1.807, 2.05) is 0 Å². The Morgan fingerprint density at radius 3 is 1.91 bits per heavy atom. The van der Waals surface area contributed by atoms with Crippen molar-refractivity contribution in [1.29, 1.82) is 0 Å². The summed E-state index contributed by atoms with van der Waals surface area (Å²) in [5, 5.41) is 0. The van der Waals surface area contributed by atoms with Gasteiger partial charge in [0.1, 0.15) is 5.75 Å².